The van der Waals surface area contributed by atoms with Gasteiger partial charge in [-0.1, -0.05) is 6.92 Å². The van der Waals surface area contributed by atoms with Crippen molar-refractivity contribution in [1.82, 2.24) is 18.9 Å². The van der Waals surface area contributed by atoms with E-state index in [1.54, 1.807) is 17.0 Å². The Balaban J connectivity index is 2.64. The smallest absolute Gasteiger partial charge is 0.278 e. The van der Waals surface area contributed by atoms with Gasteiger partial charge in [0.2, 0.25) is 0 Å². The van der Waals surface area contributed by atoms with Gasteiger partial charge in [0.15, 0.2) is 5.65 Å². The molecule has 0 N–H and O–H groups in total. The molecule has 3 aromatic heterocycles. The molecule has 0 fully saturated rings. The van der Waals surface area contributed by atoms with Gasteiger partial charge >= 0.3 is 0 Å². The number of hydrogen-bond donors (Lipinski definition) is 0. The zero-order valence-corrected chi connectivity index (χ0v) is 11.3. The van der Waals surface area contributed by atoms with Gasteiger partial charge in [0.25, 0.3) is 5.56 Å². The Bertz CT molecular complexity index is 813. The van der Waals surface area contributed by atoms with E-state index in [4.69, 9.17) is 0 Å². The Kier molecular flexibility index (Phi) is 2.62. The zero-order chi connectivity index (χ0) is 13.6. The lowest BCUT2D eigenvalue weighted by atomic mass is 10.3. The molecule has 0 unspecified atom stereocenters. The number of rotatable bonds is 2. The van der Waals surface area contributed by atoms with Gasteiger partial charge in [-0.2, -0.15) is 0 Å². The van der Waals surface area contributed by atoms with E-state index in [9.17, 15) is 4.79 Å². The third-order valence-electron chi connectivity index (χ3n) is 3.34. The van der Waals surface area contributed by atoms with Gasteiger partial charge in [-0.15, -0.1) is 0 Å². The molecule has 0 aliphatic rings. The SMILES string of the molecule is CCc1ncc2c(=O)n(C(C)C)c3ncccc3n12. The molecule has 0 aromatic carbocycles. The third kappa shape index (κ3) is 1.58. The van der Waals surface area contributed by atoms with Gasteiger partial charge in [0, 0.05) is 18.7 Å². The molecule has 0 saturated carbocycles. The first-order valence-corrected chi connectivity index (χ1v) is 6.50. The Hall–Kier alpha value is -2.17. The lowest BCUT2D eigenvalue weighted by molar-refractivity contribution is 0.595. The Morgan fingerprint density at radius 1 is 1.26 bits per heavy atom. The molecule has 0 aliphatic carbocycles. The highest BCUT2D eigenvalue weighted by Gasteiger charge is 2.16. The van der Waals surface area contributed by atoms with Crippen LogP contribution in [0.5, 0.6) is 0 Å². The molecule has 3 rings (SSSR count). The van der Waals surface area contributed by atoms with E-state index in [0.29, 0.717) is 11.2 Å². The quantitative estimate of drug-likeness (QED) is 0.706. The fourth-order valence-corrected chi connectivity index (χ4v) is 2.51. The first kappa shape index (κ1) is 11.9. The first-order valence-electron chi connectivity index (χ1n) is 6.50. The lowest BCUT2D eigenvalue weighted by Gasteiger charge is -2.14. The van der Waals surface area contributed by atoms with Crippen molar-refractivity contribution >= 4 is 16.7 Å². The fraction of sp³-hybridized carbons (Fsp3) is 0.357. The van der Waals surface area contributed by atoms with Crippen LogP contribution in [0.3, 0.4) is 0 Å². The normalized spacial score (nSPS) is 11.8. The highest BCUT2D eigenvalue weighted by atomic mass is 16.1. The van der Waals surface area contributed by atoms with Crippen molar-refractivity contribution in [2.75, 3.05) is 0 Å². The predicted octanol–water partition coefficient (Wildman–Crippen LogP) is 2.19. The number of nitrogens with zero attached hydrogens (tertiary/aromatic N) is 4. The van der Waals surface area contributed by atoms with Crippen LogP contribution in [0.4, 0.5) is 0 Å². The number of aromatic nitrogens is 4. The Morgan fingerprint density at radius 2 is 2.05 bits per heavy atom. The molecule has 19 heavy (non-hydrogen) atoms. The maximum Gasteiger partial charge on any atom is 0.278 e. The second kappa shape index (κ2) is 4.19. The van der Waals surface area contributed by atoms with E-state index in [0.717, 1.165) is 17.8 Å². The number of aryl methyl sites for hydroxylation is 1. The van der Waals surface area contributed by atoms with Gasteiger partial charge in [-0.25, -0.2) is 9.97 Å². The highest BCUT2D eigenvalue weighted by molar-refractivity contribution is 5.75. The maximum atomic E-state index is 12.6. The summed E-state index contributed by atoms with van der Waals surface area (Å²) in [6.45, 7) is 6.01. The molecule has 5 heteroatoms. The van der Waals surface area contributed by atoms with Crippen molar-refractivity contribution in [3.63, 3.8) is 0 Å². The van der Waals surface area contributed by atoms with E-state index < -0.39 is 0 Å². The summed E-state index contributed by atoms with van der Waals surface area (Å²) in [6, 6.07) is 3.93. The van der Waals surface area contributed by atoms with Crippen molar-refractivity contribution in [1.29, 1.82) is 0 Å². The van der Waals surface area contributed by atoms with Crippen LogP contribution in [0.25, 0.3) is 16.7 Å². The molecule has 0 atom stereocenters. The second-order valence-electron chi connectivity index (χ2n) is 4.86. The molecule has 0 radical (unpaired) electrons. The van der Waals surface area contributed by atoms with Gasteiger partial charge in [-0.05, 0) is 26.0 Å². The van der Waals surface area contributed by atoms with E-state index in [2.05, 4.69) is 9.97 Å². The minimum Gasteiger partial charge on any atom is -0.288 e. The molecule has 3 heterocycles. The average molecular weight is 256 g/mol. The van der Waals surface area contributed by atoms with E-state index in [-0.39, 0.29) is 11.6 Å². The molecular formula is C14H16N4O. The molecule has 0 spiro atoms. The predicted molar refractivity (Wildman–Crippen MR) is 74.5 cm³/mol. The standard InChI is InChI=1S/C14H16N4O/c1-4-12-16-8-11-14(19)17(9(2)3)13-10(18(11)12)6-5-7-15-13/h5-9H,4H2,1-3H3. The summed E-state index contributed by atoms with van der Waals surface area (Å²) < 4.78 is 3.65. The van der Waals surface area contributed by atoms with Crippen LogP contribution < -0.4 is 5.56 Å². The fourth-order valence-electron chi connectivity index (χ4n) is 2.51. The van der Waals surface area contributed by atoms with Crippen LogP contribution in [0.1, 0.15) is 32.6 Å². The molecule has 98 valence electrons. The summed E-state index contributed by atoms with van der Waals surface area (Å²) in [4.78, 5) is 21.3. The van der Waals surface area contributed by atoms with Crippen LogP contribution in [-0.2, 0) is 6.42 Å². The summed E-state index contributed by atoms with van der Waals surface area (Å²) in [5.74, 6) is 0.890. The number of hydrogen-bond acceptors (Lipinski definition) is 3. The lowest BCUT2D eigenvalue weighted by Crippen LogP contribution is -2.25. The second-order valence-corrected chi connectivity index (χ2v) is 4.86. The summed E-state index contributed by atoms with van der Waals surface area (Å²) in [6.07, 6.45) is 4.16. The molecule has 0 saturated heterocycles. The van der Waals surface area contributed by atoms with Crippen molar-refractivity contribution < 1.29 is 0 Å². The minimum absolute atomic E-state index is 0.0339. The number of pyridine rings is 1. The molecule has 3 aromatic rings. The molecular weight excluding hydrogens is 240 g/mol. The number of imidazole rings is 1. The summed E-state index contributed by atoms with van der Waals surface area (Å²) in [5, 5.41) is 0. The van der Waals surface area contributed by atoms with Crippen LogP contribution in [0, 0.1) is 0 Å². The van der Waals surface area contributed by atoms with Gasteiger partial charge < -0.3 is 0 Å². The largest absolute Gasteiger partial charge is 0.288 e. The topological polar surface area (TPSA) is 52.2 Å². The molecule has 0 bridgehead atoms. The summed E-state index contributed by atoms with van der Waals surface area (Å²) >= 11 is 0. The van der Waals surface area contributed by atoms with E-state index in [1.807, 2.05) is 37.3 Å². The minimum atomic E-state index is -0.0339. The molecule has 0 aliphatic heterocycles. The average Bonchev–Trinajstić information content (AvgIpc) is 2.83. The highest BCUT2D eigenvalue weighted by Crippen LogP contribution is 2.17. The Morgan fingerprint density at radius 3 is 2.74 bits per heavy atom. The first-order chi connectivity index (χ1) is 9.15. The van der Waals surface area contributed by atoms with Crippen LogP contribution >= 0.6 is 0 Å². The third-order valence-corrected chi connectivity index (χ3v) is 3.34. The Labute approximate surface area is 110 Å². The zero-order valence-electron chi connectivity index (χ0n) is 11.3. The monoisotopic (exact) mass is 256 g/mol. The van der Waals surface area contributed by atoms with Crippen molar-refractivity contribution in [2.24, 2.45) is 0 Å². The van der Waals surface area contributed by atoms with Gasteiger partial charge in [0.05, 0.1) is 11.7 Å². The van der Waals surface area contributed by atoms with E-state index >= 15 is 0 Å². The number of fused-ring (bicyclic) bond motifs is 3. The van der Waals surface area contributed by atoms with Crippen molar-refractivity contribution in [3.05, 3.63) is 40.7 Å². The summed E-state index contributed by atoms with van der Waals surface area (Å²) in [5.41, 5.74) is 2.22. The van der Waals surface area contributed by atoms with Crippen LogP contribution in [-0.4, -0.2) is 18.9 Å². The van der Waals surface area contributed by atoms with Crippen LogP contribution in [0.2, 0.25) is 0 Å². The van der Waals surface area contributed by atoms with E-state index in [1.165, 1.54) is 0 Å². The maximum absolute atomic E-state index is 12.6. The van der Waals surface area contributed by atoms with Crippen LogP contribution in [0.15, 0.2) is 29.3 Å². The van der Waals surface area contributed by atoms with Gasteiger partial charge in [-0.3, -0.25) is 13.8 Å². The molecule has 5 nitrogen and oxygen atoms in total. The van der Waals surface area contributed by atoms with Gasteiger partial charge in [0.1, 0.15) is 11.3 Å². The van der Waals surface area contributed by atoms with Crippen molar-refractivity contribution in [3.8, 4) is 0 Å². The molecule has 0 amide bonds. The summed E-state index contributed by atoms with van der Waals surface area (Å²) in [7, 11) is 0. The van der Waals surface area contributed by atoms with Crippen molar-refractivity contribution in [2.45, 2.75) is 33.2 Å².